The molecule has 3 fully saturated rings. The van der Waals surface area contributed by atoms with Crippen molar-refractivity contribution in [3.05, 3.63) is 35.4 Å². The Morgan fingerprint density at radius 1 is 1.21 bits per heavy atom. The fraction of sp³-hybridized carbons (Fsp3) is 0.591. The Labute approximate surface area is 166 Å². The summed E-state index contributed by atoms with van der Waals surface area (Å²) in [6.45, 7) is 3.77. The molecule has 6 heteroatoms. The summed E-state index contributed by atoms with van der Waals surface area (Å²) in [5.41, 5.74) is 1.33. The number of amides is 2. The molecule has 3 aliphatic rings. The molecule has 3 saturated heterocycles. The lowest BCUT2D eigenvalue weighted by atomic mass is 9.72. The maximum Gasteiger partial charge on any atom is 0.253 e. The number of hydrogen-bond acceptors (Lipinski definition) is 4. The zero-order valence-electron chi connectivity index (χ0n) is 16.2. The molecule has 2 amide bonds. The van der Waals surface area contributed by atoms with Crippen molar-refractivity contribution in [1.29, 1.82) is 5.26 Å². The van der Waals surface area contributed by atoms with Crippen molar-refractivity contribution in [2.75, 3.05) is 32.8 Å². The molecule has 0 bridgehead atoms. The van der Waals surface area contributed by atoms with Gasteiger partial charge in [-0.15, -0.1) is 0 Å². The largest absolute Gasteiger partial charge is 0.376 e. The van der Waals surface area contributed by atoms with Gasteiger partial charge in [-0.25, -0.2) is 0 Å². The number of hydrogen-bond donors (Lipinski definition) is 0. The number of benzene rings is 1. The molecule has 0 N–H and O–H groups in total. The summed E-state index contributed by atoms with van der Waals surface area (Å²) >= 11 is 0. The molecule has 28 heavy (non-hydrogen) atoms. The van der Waals surface area contributed by atoms with Crippen LogP contribution in [-0.4, -0.2) is 60.5 Å². The maximum absolute atomic E-state index is 12.8. The SMILES string of the molecule is N#Cc1ccc(C(=O)N2CCC3(CCC(=O)N(C[C@@H]4CCCO4)C3)CC2)cc1. The molecular formula is C22H27N3O3. The minimum atomic E-state index is 0.0300. The van der Waals surface area contributed by atoms with Crippen LogP contribution in [-0.2, 0) is 9.53 Å². The first-order valence-electron chi connectivity index (χ1n) is 10.3. The van der Waals surface area contributed by atoms with Crippen LogP contribution in [0.5, 0.6) is 0 Å². The predicted octanol–water partition coefficient (Wildman–Crippen LogP) is 2.58. The van der Waals surface area contributed by atoms with E-state index in [1.165, 1.54) is 0 Å². The molecule has 1 aromatic carbocycles. The third-order valence-corrected chi connectivity index (χ3v) is 6.57. The number of nitrogens with zero attached hydrogens (tertiary/aromatic N) is 3. The van der Waals surface area contributed by atoms with Crippen LogP contribution >= 0.6 is 0 Å². The van der Waals surface area contributed by atoms with Crippen LogP contribution in [0.4, 0.5) is 0 Å². The summed E-state index contributed by atoms with van der Waals surface area (Å²) in [5, 5.41) is 8.91. The maximum atomic E-state index is 12.8. The van der Waals surface area contributed by atoms with Gasteiger partial charge in [0, 0.05) is 44.8 Å². The Kier molecular flexibility index (Phi) is 5.36. The highest BCUT2D eigenvalue weighted by Gasteiger charge is 2.42. The van der Waals surface area contributed by atoms with Crippen LogP contribution in [0.25, 0.3) is 0 Å². The first-order chi connectivity index (χ1) is 13.6. The van der Waals surface area contributed by atoms with E-state index in [0.29, 0.717) is 24.1 Å². The zero-order valence-corrected chi connectivity index (χ0v) is 16.2. The van der Waals surface area contributed by atoms with Crippen LogP contribution < -0.4 is 0 Å². The van der Waals surface area contributed by atoms with Crippen molar-refractivity contribution in [2.24, 2.45) is 5.41 Å². The number of carbonyl (C=O) groups excluding carboxylic acids is 2. The van der Waals surface area contributed by atoms with Crippen LogP contribution in [0.3, 0.4) is 0 Å². The van der Waals surface area contributed by atoms with E-state index in [0.717, 1.165) is 58.3 Å². The number of ether oxygens (including phenoxy) is 1. The molecule has 3 aliphatic heterocycles. The van der Waals surface area contributed by atoms with Crippen molar-refractivity contribution < 1.29 is 14.3 Å². The van der Waals surface area contributed by atoms with Crippen molar-refractivity contribution >= 4 is 11.8 Å². The van der Waals surface area contributed by atoms with Crippen molar-refractivity contribution in [2.45, 2.75) is 44.6 Å². The molecule has 3 heterocycles. The number of rotatable bonds is 3. The van der Waals surface area contributed by atoms with E-state index in [4.69, 9.17) is 10.00 Å². The first kappa shape index (κ1) is 18.9. The number of likely N-dealkylation sites (tertiary alicyclic amines) is 2. The molecule has 0 saturated carbocycles. The Morgan fingerprint density at radius 3 is 2.61 bits per heavy atom. The summed E-state index contributed by atoms with van der Waals surface area (Å²) in [7, 11) is 0. The molecule has 1 aromatic rings. The Balaban J connectivity index is 1.36. The average Bonchev–Trinajstić information content (AvgIpc) is 3.24. The molecule has 0 unspecified atom stereocenters. The third kappa shape index (κ3) is 3.90. The van der Waals surface area contributed by atoms with Gasteiger partial charge in [-0.05, 0) is 61.8 Å². The summed E-state index contributed by atoms with van der Waals surface area (Å²) in [6, 6.07) is 8.92. The molecule has 6 nitrogen and oxygen atoms in total. The van der Waals surface area contributed by atoms with Gasteiger partial charge < -0.3 is 14.5 Å². The summed E-state index contributed by atoms with van der Waals surface area (Å²) in [6.07, 6.45) is 5.73. The molecule has 0 aliphatic carbocycles. The molecule has 1 spiro atoms. The lowest BCUT2D eigenvalue weighted by molar-refractivity contribution is -0.141. The minimum Gasteiger partial charge on any atom is -0.376 e. The van der Waals surface area contributed by atoms with E-state index in [1.54, 1.807) is 24.3 Å². The van der Waals surface area contributed by atoms with E-state index in [2.05, 4.69) is 6.07 Å². The molecule has 148 valence electrons. The van der Waals surface area contributed by atoms with Gasteiger partial charge in [-0.1, -0.05) is 0 Å². The van der Waals surface area contributed by atoms with Crippen molar-refractivity contribution in [3.8, 4) is 6.07 Å². The summed E-state index contributed by atoms with van der Waals surface area (Å²) in [5.74, 6) is 0.277. The normalized spacial score (nSPS) is 24.4. The molecule has 1 atom stereocenters. The smallest absolute Gasteiger partial charge is 0.253 e. The molecule has 0 aromatic heterocycles. The van der Waals surface area contributed by atoms with Gasteiger partial charge in [0.05, 0.1) is 17.7 Å². The van der Waals surface area contributed by atoms with Gasteiger partial charge in [-0.2, -0.15) is 5.26 Å². The lowest BCUT2D eigenvalue weighted by Crippen LogP contribution is -2.53. The Hall–Kier alpha value is -2.39. The second-order valence-corrected chi connectivity index (χ2v) is 8.39. The van der Waals surface area contributed by atoms with E-state index < -0.39 is 0 Å². The van der Waals surface area contributed by atoms with Gasteiger partial charge in [0.2, 0.25) is 5.91 Å². The van der Waals surface area contributed by atoms with Gasteiger partial charge in [-0.3, -0.25) is 9.59 Å². The standard InChI is InChI=1S/C22H27N3O3/c23-14-17-3-5-18(6-4-17)21(27)24-11-9-22(10-12-24)8-7-20(26)25(16-22)15-19-2-1-13-28-19/h3-6,19H,1-2,7-13,15-16H2/t19-/m0/s1. The first-order valence-corrected chi connectivity index (χ1v) is 10.3. The van der Waals surface area contributed by atoms with Gasteiger partial charge in [0.15, 0.2) is 0 Å². The number of nitriles is 1. The van der Waals surface area contributed by atoms with Gasteiger partial charge >= 0.3 is 0 Å². The Morgan fingerprint density at radius 2 is 1.96 bits per heavy atom. The Bertz CT molecular complexity index is 769. The van der Waals surface area contributed by atoms with Crippen LogP contribution in [0.15, 0.2) is 24.3 Å². The monoisotopic (exact) mass is 381 g/mol. The number of piperidine rings is 2. The van der Waals surface area contributed by atoms with Gasteiger partial charge in [0.1, 0.15) is 0 Å². The van der Waals surface area contributed by atoms with Crippen LogP contribution in [0.1, 0.15) is 54.4 Å². The van der Waals surface area contributed by atoms with E-state index in [-0.39, 0.29) is 23.3 Å². The second kappa shape index (κ2) is 7.92. The average molecular weight is 381 g/mol. The topological polar surface area (TPSA) is 73.6 Å². The minimum absolute atomic E-state index is 0.0300. The molecular weight excluding hydrogens is 354 g/mol. The van der Waals surface area contributed by atoms with E-state index in [9.17, 15) is 9.59 Å². The fourth-order valence-corrected chi connectivity index (χ4v) is 4.77. The van der Waals surface area contributed by atoms with Crippen LogP contribution in [0, 0.1) is 16.7 Å². The molecule has 4 rings (SSSR count). The zero-order chi connectivity index (χ0) is 19.6. The van der Waals surface area contributed by atoms with Crippen LogP contribution in [0.2, 0.25) is 0 Å². The quantitative estimate of drug-likeness (QED) is 0.807. The third-order valence-electron chi connectivity index (χ3n) is 6.57. The predicted molar refractivity (Wildman–Crippen MR) is 104 cm³/mol. The fourth-order valence-electron chi connectivity index (χ4n) is 4.77. The highest BCUT2D eigenvalue weighted by Crippen LogP contribution is 2.40. The molecule has 0 radical (unpaired) electrons. The highest BCUT2D eigenvalue weighted by molar-refractivity contribution is 5.94. The van der Waals surface area contributed by atoms with Gasteiger partial charge in [0.25, 0.3) is 5.91 Å². The van der Waals surface area contributed by atoms with E-state index in [1.807, 2.05) is 9.80 Å². The summed E-state index contributed by atoms with van der Waals surface area (Å²) in [4.78, 5) is 29.1. The summed E-state index contributed by atoms with van der Waals surface area (Å²) < 4.78 is 5.73. The highest BCUT2D eigenvalue weighted by atomic mass is 16.5. The van der Waals surface area contributed by atoms with Crippen molar-refractivity contribution in [1.82, 2.24) is 9.80 Å². The lowest BCUT2D eigenvalue weighted by Gasteiger charge is -2.47. The number of carbonyl (C=O) groups is 2. The van der Waals surface area contributed by atoms with Crippen molar-refractivity contribution in [3.63, 3.8) is 0 Å². The van der Waals surface area contributed by atoms with E-state index >= 15 is 0 Å². The second-order valence-electron chi connectivity index (χ2n) is 8.39.